The van der Waals surface area contributed by atoms with Crippen molar-refractivity contribution in [1.82, 2.24) is 9.97 Å². The van der Waals surface area contributed by atoms with Crippen LogP contribution in [0.25, 0.3) is 22.3 Å². The summed E-state index contributed by atoms with van der Waals surface area (Å²) in [5.41, 5.74) is 8.77. The van der Waals surface area contributed by atoms with Crippen LogP contribution in [0.2, 0.25) is 0 Å². The maximum Gasteiger partial charge on any atom is 0.160 e. The van der Waals surface area contributed by atoms with Crippen LogP contribution in [0, 0.1) is 0 Å². The molecule has 0 aliphatic heterocycles. The molecule has 0 aliphatic rings. The number of fused-ring (bicyclic) bond motifs is 1. The van der Waals surface area contributed by atoms with E-state index in [-0.39, 0.29) is 0 Å². The van der Waals surface area contributed by atoms with E-state index in [1.54, 1.807) is 0 Å². The van der Waals surface area contributed by atoms with Crippen LogP contribution >= 0.6 is 0 Å². The monoisotopic (exact) mass is 235 g/mol. The molecule has 3 rings (SSSR count). The van der Waals surface area contributed by atoms with Crippen LogP contribution in [0.1, 0.15) is 5.56 Å². The Hall–Kier alpha value is -2.26. The van der Waals surface area contributed by atoms with E-state index >= 15 is 0 Å². The summed E-state index contributed by atoms with van der Waals surface area (Å²) in [6, 6.07) is 15.9. The van der Waals surface area contributed by atoms with Crippen molar-refractivity contribution in [3.8, 4) is 11.4 Å². The summed E-state index contributed by atoms with van der Waals surface area (Å²) >= 11 is 0. The first kappa shape index (κ1) is 10.9. The first-order valence-electron chi connectivity index (χ1n) is 5.88. The molecule has 0 fully saturated rings. The average Bonchev–Trinajstić information content (AvgIpc) is 2.46. The van der Waals surface area contributed by atoms with Crippen molar-refractivity contribution >= 4 is 10.9 Å². The van der Waals surface area contributed by atoms with Gasteiger partial charge in [-0.3, -0.25) is 0 Å². The fraction of sp³-hybridized carbons (Fsp3) is 0.0667. The van der Waals surface area contributed by atoms with Gasteiger partial charge in [0.2, 0.25) is 0 Å². The van der Waals surface area contributed by atoms with E-state index in [0.717, 1.165) is 27.9 Å². The molecule has 0 saturated heterocycles. The molecule has 2 aromatic carbocycles. The lowest BCUT2D eigenvalue weighted by Crippen LogP contribution is -2.00. The molecule has 2 N–H and O–H groups in total. The molecule has 0 atom stereocenters. The third-order valence-electron chi connectivity index (χ3n) is 2.97. The fourth-order valence-corrected chi connectivity index (χ4v) is 2.02. The summed E-state index contributed by atoms with van der Waals surface area (Å²) in [5.74, 6) is 0.731. The van der Waals surface area contributed by atoms with Gasteiger partial charge in [-0.25, -0.2) is 9.97 Å². The average molecular weight is 235 g/mol. The van der Waals surface area contributed by atoms with E-state index in [1.807, 2.05) is 54.7 Å². The molecule has 0 spiro atoms. The molecule has 1 aromatic heterocycles. The third-order valence-corrected chi connectivity index (χ3v) is 2.97. The number of rotatable bonds is 2. The Balaban J connectivity index is 2.19. The summed E-state index contributed by atoms with van der Waals surface area (Å²) in [7, 11) is 0. The summed E-state index contributed by atoms with van der Waals surface area (Å²) in [4.78, 5) is 9.01. The number of aromatic nitrogens is 2. The molecule has 0 bridgehead atoms. The van der Waals surface area contributed by atoms with Gasteiger partial charge in [0.15, 0.2) is 5.82 Å². The highest BCUT2D eigenvalue weighted by molar-refractivity contribution is 5.79. The van der Waals surface area contributed by atoms with Gasteiger partial charge in [0.05, 0.1) is 5.52 Å². The molecule has 3 aromatic rings. The number of benzene rings is 2. The molecule has 0 radical (unpaired) electrons. The minimum atomic E-state index is 0.492. The summed E-state index contributed by atoms with van der Waals surface area (Å²) in [6.45, 7) is 0.492. The van der Waals surface area contributed by atoms with Gasteiger partial charge < -0.3 is 5.73 Å². The van der Waals surface area contributed by atoms with Crippen LogP contribution in [-0.4, -0.2) is 9.97 Å². The van der Waals surface area contributed by atoms with E-state index in [0.29, 0.717) is 6.54 Å². The zero-order valence-corrected chi connectivity index (χ0v) is 9.88. The molecule has 18 heavy (non-hydrogen) atoms. The van der Waals surface area contributed by atoms with Crippen molar-refractivity contribution in [2.24, 2.45) is 5.73 Å². The lowest BCUT2D eigenvalue weighted by Gasteiger charge is -2.06. The Morgan fingerprint density at radius 2 is 1.72 bits per heavy atom. The zero-order chi connectivity index (χ0) is 12.4. The van der Waals surface area contributed by atoms with Crippen molar-refractivity contribution in [3.05, 3.63) is 60.3 Å². The fourth-order valence-electron chi connectivity index (χ4n) is 2.02. The number of hydrogen-bond acceptors (Lipinski definition) is 3. The van der Waals surface area contributed by atoms with Gasteiger partial charge in [-0.15, -0.1) is 0 Å². The highest BCUT2D eigenvalue weighted by Crippen LogP contribution is 2.21. The van der Waals surface area contributed by atoms with E-state index in [9.17, 15) is 0 Å². The molecular weight excluding hydrogens is 222 g/mol. The summed E-state index contributed by atoms with van der Waals surface area (Å²) in [6.07, 6.45) is 1.85. The highest BCUT2D eigenvalue weighted by Gasteiger charge is 2.06. The first-order chi connectivity index (χ1) is 8.88. The number of nitrogens with zero attached hydrogens (tertiary/aromatic N) is 2. The standard InChI is InChI=1S/C15H13N3/c16-9-11-5-1-3-7-13(11)15-17-10-12-6-2-4-8-14(12)18-15/h1-8,10H,9,16H2. The van der Waals surface area contributed by atoms with Gasteiger partial charge in [0.1, 0.15) is 0 Å². The third kappa shape index (κ3) is 1.85. The predicted molar refractivity (Wildman–Crippen MR) is 72.9 cm³/mol. The van der Waals surface area contributed by atoms with Crippen molar-refractivity contribution < 1.29 is 0 Å². The summed E-state index contributed by atoms with van der Waals surface area (Å²) in [5, 5.41) is 1.05. The van der Waals surface area contributed by atoms with Crippen molar-refractivity contribution in [2.75, 3.05) is 0 Å². The largest absolute Gasteiger partial charge is 0.326 e. The van der Waals surface area contributed by atoms with Crippen LogP contribution in [0.5, 0.6) is 0 Å². The topological polar surface area (TPSA) is 51.8 Å². The van der Waals surface area contributed by atoms with Crippen molar-refractivity contribution in [2.45, 2.75) is 6.54 Å². The maximum absolute atomic E-state index is 5.75. The molecular formula is C15H13N3. The van der Waals surface area contributed by atoms with Crippen LogP contribution in [0.15, 0.2) is 54.7 Å². The number of para-hydroxylation sites is 1. The molecule has 0 saturated carbocycles. The van der Waals surface area contributed by atoms with Crippen molar-refractivity contribution in [3.63, 3.8) is 0 Å². The molecule has 3 nitrogen and oxygen atoms in total. The van der Waals surface area contributed by atoms with E-state index in [1.165, 1.54) is 0 Å². The van der Waals surface area contributed by atoms with E-state index < -0.39 is 0 Å². The van der Waals surface area contributed by atoms with Gasteiger partial charge in [-0.2, -0.15) is 0 Å². The van der Waals surface area contributed by atoms with Crippen LogP contribution in [0.4, 0.5) is 0 Å². The first-order valence-corrected chi connectivity index (χ1v) is 5.88. The molecule has 88 valence electrons. The molecule has 0 amide bonds. The second kappa shape index (κ2) is 4.55. The second-order valence-corrected chi connectivity index (χ2v) is 4.11. The Morgan fingerprint density at radius 1 is 0.944 bits per heavy atom. The van der Waals surface area contributed by atoms with Gasteiger partial charge in [-0.05, 0) is 11.6 Å². The summed E-state index contributed by atoms with van der Waals surface area (Å²) < 4.78 is 0. The SMILES string of the molecule is NCc1ccccc1-c1ncc2ccccc2n1. The quantitative estimate of drug-likeness (QED) is 0.743. The van der Waals surface area contributed by atoms with Crippen LogP contribution in [-0.2, 0) is 6.54 Å². The van der Waals surface area contributed by atoms with Gasteiger partial charge in [0, 0.05) is 23.7 Å². The molecule has 0 unspecified atom stereocenters. The van der Waals surface area contributed by atoms with Gasteiger partial charge >= 0.3 is 0 Å². The van der Waals surface area contributed by atoms with Crippen molar-refractivity contribution in [1.29, 1.82) is 0 Å². The Labute approximate surface area is 105 Å². The minimum absolute atomic E-state index is 0.492. The maximum atomic E-state index is 5.75. The smallest absolute Gasteiger partial charge is 0.160 e. The number of nitrogens with two attached hydrogens (primary N) is 1. The lowest BCUT2D eigenvalue weighted by atomic mass is 10.1. The Kier molecular flexibility index (Phi) is 2.74. The lowest BCUT2D eigenvalue weighted by molar-refractivity contribution is 1.06. The van der Waals surface area contributed by atoms with E-state index in [4.69, 9.17) is 5.73 Å². The Bertz CT molecular complexity index is 692. The number of hydrogen-bond donors (Lipinski definition) is 1. The van der Waals surface area contributed by atoms with Gasteiger partial charge in [0.25, 0.3) is 0 Å². The van der Waals surface area contributed by atoms with Crippen LogP contribution in [0.3, 0.4) is 0 Å². The molecule has 0 aliphatic carbocycles. The predicted octanol–water partition coefficient (Wildman–Crippen LogP) is 2.76. The molecule has 1 heterocycles. The highest BCUT2D eigenvalue weighted by atomic mass is 14.9. The Morgan fingerprint density at radius 3 is 2.61 bits per heavy atom. The van der Waals surface area contributed by atoms with Crippen LogP contribution < -0.4 is 5.73 Å². The van der Waals surface area contributed by atoms with E-state index in [2.05, 4.69) is 9.97 Å². The normalized spacial score (nSPS) is 10.7. The van der Waals surface area contributed by atoms with Gasteiger partial charge in [-0.1, -0.05) is 42.5 Å². The molecule has 3 heteroatoms. The second-order valence-electron chi connectivity index (χ2n) is 4.11. The minimum Gasteiger partial charge on any atom is -0.326 e. The zero-order valence-electron chi connectivity index (χ0n) is 9.88.